The van der Waals surface area contributed by atoms with Gasteiger partial charge in [-0.2, -0.15) is 0 Å². The number of amides is 1. The van der Waals surface area contributed by atoms with Gasteiger partial charge in [0, 0.05) is 23.4 Å². The van der Waals surface area contributed by atoms with Gasteiger partial charge in [0.25, 0.3) is 0 Å². The van der Waals surface area contributed by atoms with Crippen LogP contribution in [0.3, 0.4) is 0 Å². The number of benzene rings is 3. The maximum absolute atomic E-state index is 13.7. The molecule has 0 spiro atoms. The Morgan fingerprint density at radius 1 is 0.968 bits per heavy atom. The summed E-state index contributed by atoms with van der Waals surface area (Å²) in [7, 11) is 0. The zero-order valence-corrected chi connectivity index (χ0v) is 17.8. The zero-order valence-electron chi connectivity index (χ0n) is 17.0. The van der Waals surface area contributed by atoms with Gasteiger partial charge in [0.05, 0.1) is 5.75 Å². The van der Waals surface area contributed by atoms with Crippen LogP contribution < -0.4 is 5.32 Å². The van der Waals surface area contributed by atoms with Crippen LogP contribution in [0, 0.1) is 12.7 Å². The number of para-hydroxylation sites is 1. The van der Waals surface area contributed by atoms with Gasteiger partial charge in [0.2, 0.25) is 5.91 Å². The summed E-state index contributed by atoms with van der Waals surface area (Å²) in [5.41, 5.74) is 3.47. The topological polar surface area (TPSA) is 59.8 Å². The molecule has 0 aliphatic rings. The Kier molecular flexibility index (Phi) is 6.43. The van der Waals surface area contributed by atoms with Gasteiger partial charge >= 0.3 is 0 Å². The fraction of sp³-hybridized carbons (Fsp3) is 0.125. The molecule has 0 aliphatic carbocycles. The van der Waals surface area contributed by atoms with Gasteiger partial charge in [-0.15, -0.1) is 10.2 Å². The number of thioether (sulfide) groups is 1. The van der Waals surface area contributed by atoms with Crippen molar-refractivity contribution in [1.29, 1.82) is 0 Å². The van der Waals surface area contributed by atoms with Crippen molar-refractivity contribution < 1.29 is 9.18 Å². The second-order valence-electron chi connectivity index (χ2n) is 7.00. The molecule has 0 radical (unpaired) electrons. The minimum absolute atomic E-state index is 0.145. The summed E-state index contributed by atoms with van der Waals surface area (Å²) in [5, 5.41) is 12.1. The highest BCUT2D eigenvalue weighted by atomic mass is 32.2. The Bertz CT molecular complexity index is 1180. The summed E-state index contributed by atoms with van der Waals surface area (Å²) in [6.45, 7) is 2.18. The molecule has 0 saturated carbocycles. The summed E-state index contributed by atoms with van der Waals surface area (Å²) in [6, 6.07) is 24.3. The van der Waals surface area contributed by atoms with E-state index in [0.29, 0.717) is 16.5 Å². The molecule has 4 rings (SSSR count). The smallest absolute Gasteiger partial charge is 0.230 e. The minimum atomic E-state index is -0.331. The lowest BCUT2D eigenvalue weighted by Crippen LogP contribution is -2.25. The number of aromatic nitrogens is 3. The minimum Gasteiger partial charge on any atom is -0.351 e. The predicted octanol–water partition coefficient (Wildman–Crippen LogP) is 4.79. The molecule has 3 aromatic carbocycles. The Balaban J connectivity index is 1.52. The zero-order chi connectivity index (χ0) is 21.6. The molecule has 0 atom stereocenters. The van der Waals surface area contributed by atoms with Crippen LogP contribution in [-0.2, 0) is 11.3 Å². The summed E-state index contributed by atoms with van der Waals surface area (Å²) in [6.07, 6.45) is 0. The lowest BCUT2D eigenvalue weighted by atomic mass is 10.1. The molecular formula is C24H21FN4OS. The number of halogens is 1. The van der Waals surface area contributed by atoms with E-state index in [-0.39, 0.29) is 24.0 Å². The van der Waals surface area contributed by atoms with Crippen LogP contribution in [0.2, 0.25) is 0 Å². The van der Waals surface area contributed by atoms with Crippen LogP contribution in [0.15, 0.2) is 84.0 Å². The van der Waals surface area contributed by atoms with E-state index < -0.39 is 0 Å². The van der Waals surface area contributed by atoms with Gasteiger partial charge in [-0.1, -0.05) is 78.0 Å². The Morgan fingerprint density at radius 3 is 2.42 bits per heavy atom. The summed E-state index contributed by atoms with van der Waals surface area (Å²) >= 11 is 1.29. The van der Waals surface area contributed by atoms with Gasteiger partial charge < -0.3 is 5.32 Å². The number of aryl methyl sites for hydroxylation is 1. The number of nitrogens with zero attached hydrogens (tertiary/aromatic N) is 3. The third-order valence-electron chi connectivity index (χ3n) is 4.72. The van der Waals surface area contributed by atoms with Crippen molar-refractivity contribution in [3.63, 3.8) is 0 Å². The second-order valence-corrected chi connectivity index (χ2v) is 7.94. The highest BCUT2D eigenvalue weighted by Crippen LogP contribution is 2.28. The van der Waals surface area contributed by atoms with E-state index in [9.17, 15) is 9.18 Å². The molecule has 0 aliphatic heterocycles. The van der Waals surface area contributed by atoms with Gasteiger partial charge in [-0.25, -0.2) is 4.39 Å². The first-order valence-electron chi connectivity index (χ1n) is 9.82. The van der Waals surface area contributed by atoms with Gasteiger partial charge in [0.15, 0.2) is 11.0 Å². The summed E-state index contributed by atoms with van der Waals surface area (Å²) in [4.78, 5) is 12.4. The number of carbonyl (C=O) groups excluding carboxylic acids is 1. The van der Waals surface area contributed by atoms with Crippen molar-refractivity contribution in [1.82, 2.24) is 20.1 Å². The molecule has 1 N–H and O–H groups in total. The molecule has 1 amide bonds. The number of carbonyl (C=O) groups is 1. The SMILES string of the molecule is Cc1ccc(-c2nnc(SCC(=O)NCc3ccccc3F)n2-c2ccccc2)cc1. The Hall–Kier alpha value is -3.45. The first-order valence-corrected chi connectivity index (χ1v) is 10.8. The lowest BCUT2D eigenvalue weighted by Gasteiger charge is -2.11. The average molecular weight is 433 g/mol. The average Bonchev–Trinajstić information content (AvgIpc) is 3.22. The molecule has 31 heavy (non-hydrogen) atoms. The van der Waals surface area contributed by atoms with Gasteiger partial charge in [-0.05, 0) is 25.1 Å². The monoisotopic (exact) mass is 432 g/mol. The molecule has 0 bridgehead atoms. The van der Waals surface area contributed by atoms with Crippen molar-refractivity contribution >= 4 is 17.7 Å². The Morgan fingerprint density at radius 2 is 1.68 bits per heavy atom. The largest absolute Gasteiger partial charge is 0.351 e. The van der Waals surface area contributed by atoms with Crippen LogP contribution in [0.1, 0.15) is 11.1 Å². The van der Waals surface area contributed by atoms with Crippen molar-refractivity contribution in [3.05, 3.63) is 95.8 Å². The van der Waals surface area contributed by atoms with Gasteiger partial charge in [-0.3, -0.25) is 9.36 Å². The van der Waals surface area contributed by atoms with Crippen LogP contribution in [0.4, 0.5) is 4.39 Å². The summed E-state index contributed by atoms with van der Waals surface area (Å²) < 4.78 is 15.7. The van der Waals surface area contributed by atoms with E-state index in [1.807, 2.05) is 66.1 Å². The predicted molar refractivity (Wildman–Crippen MR) is 121 cm³/mol. The third kappa shape index (κ3) is 5.00. The van der Waals surface area contributed by atoms with E-state index >= 15 is 0 Å². The highest BCUT2D eigenvalue weighted by molar-refractivity contribution is 7.99. The normalized spacial score (nSPS) is 10.8. The van der Waals surface area contributed by atoms with E-state index in [0.717, 1.165) is 16.8 Å². The standard InChI is InChI=1S/C24H21FN4OS/c1-17-11-13-18(14-12-17)23-27-28-24(29(23)20-8-3-2-4-9-20)31-16-22(30)26-15-19-7-5-6-10-21(19)25/h2-14H,15-16H2,1H3,(H,26,30). The number of hydrogen-bond acceptors (Lipinski definition) is 4. The molecule has 1 heterocycles. The third-order valence-corrected chi connectivity index (χ3v) is 5.65. The lowest BCUT2D eigenvalue weighted by molar-refractivity contribution is -0.118. The fourth-order valence-corrected chi connectivity index (χ4v) is 3.86. The quantitative estimate of drug-likeness (QED) is 0.427. The molecule has 0 unspecified atom stereocenters. The van der Waals surface area contributed by atoms with E-state index in [2.05, 4.69) is 15.5 Å². The molecule has 5 nitrogen and oxygen atoms in total. The van der Waals surface area contributed by atoms with E-state index in [4.69, 9.17) is 0 Å². The molecular weight excluding hydrogens is 411 g/mol. The van der Waals surface area contributed by atoms with Gasteiger partial charge in [0.1, 0.15) is 5.82 Å². The second kappa shape index (κ2) is 9.57. The van der Waals surface area contributed by atoms with Crippen LogP contribution in [0.25, 0.3) is 17.1 Å². The highest BCUT2D eigenvalue weighted by Gasteiger charge is 2.17. The van der Waals surface area contributed by atoms with Crippen LogP contribution >= 0.6 is 11.8 Å². The summed E-state index contributed by atoms with van der Waals surface area (Å²) in [5.74, 6) is 0.322. The molecule has 7 heteroatoms. The first kappa shape index (κ1) is 20.8. The molecule has 0 fully saturated rings. The number of hydrogen-bond donors (Lipinski definition) is 1. The first-order chi connectivity index (χ1) is 15.1. The van der Waals surface area contributed by atoms with E-state index in [1.165, 1.54) is 17.8 Å². The molecule has 0 saturated heterocycles. The van der Waals surface area contributed by atoms with Crippen molar-refractivity contribution in [2.75, 3.05) is 5.75 Å². The van der Waals surface area contributed by atoms with E-state index in [1.54, 1.807) is 18.2 Å². The van der Waals surface area contributed by atoms with Crippen LogP contribution in [0.5, 0.6) is 0 Å². The van der Waals surface area contributed by atoms with Crippen LogP contribution in [-0.4, -0.2) is 26.4 Å². The number of rotatable bonds is 7. The molecule has 1 aromatic heterocycles. The van der Waals surface area contributed by atoms with Crippen molar-refractivity contribution in [2.24, 2.45) is 0 Å². The van der Waals surface area contributed by atoms with Crippen molar-refractivity contribution in [2.45, 2.75) is 18.6 Å². The molecule has 156 valence electrons. The fourth-order valence-electron chi connectivity index (χ4n) is 3.08. The Labute approximate surface area is 184 Å². The maximum atomic E-state index is 13.7. The maximum Gasteiger partial charge on any atom is 0.230 e. The molecule has 4 aromatic rings. The number of nitrogens with one attached hydrogen (secondary N) is 1. The van der Waals surface area contributed by atoms with Crippen molar-refractivity contribution in [3.8, 4) is 17.1 Å².